The molecule has 1 unspecified atom stereocenters. The van der Waals surface area contributed by atoms with Crippen molar-refractivity contribution in [3.05, 3.63) is 18.0 Å². The van der Waals surface area contributed by atoms with Crippen LogP contribution in [0.1, 0.15) is 18.9 Å². The SMILES string of the molecule is CCC1C(=O)NCC(=O)N1CCc1cnn(C)c1. The molecule has 2 amide bonds. The van der Waals surface area contributed by atoms with Gasteiger partial charge in [0.25, 0.3) is 0 Å². The maximum absolute atomic E-state index is 11.8. The van der Waals surface area contributed by atoms with Crippen LogP contribution in [0, 0.1) is 0 Å². The minimum atomic E-state index is -0.331. The molecule has 1 fully saturated rings. The van der Waals surface area contributed by atoms with Crippen LogP contribution in [0.15, 0.2) is 12.4 Å². The van der Waals surface area contributed by atoms with Crippen molar-refractivity contribution in [1.29, 1.82) is 0 Å². The number of nitrogens with zero attached hydrogens (tertiary/aromatic N) is 3. The van der Waals surface area contributed by atoms with Crippen LogP contribution in [-0.2, 0) is 23.1 Å². The summed E-state index contributed by atoms with van der Waals surface area (Å²) < 4.78 is 1.73. The van der Waals surface area contributed by atoms with Crippen molar-refractivity contribution in [2.75, 3.05) is 13.1 Å². The highest BCUT2D eigenvalue weighted by Crippen LogP contribution is 2.11. The van der Waals surface area contributed by atoms with Gasteiger partial charge in [0.2, 0.25) is 11.8 Å². The molecule has 1 aromatic rings. The van der Waals surface area contributed by atoms with E-state index in [2.05, 4.69) is 10.4 Å². The number of rotatable bonds is 4. The number of aryl methyl sites for hydroxylation is 1. The maximum Gasteiger partial charge on any atom is 0.243 e. The van der Waals surface area contributed by atoms with E-state index >= 15 is 0 Å². The predicted octanol–water partition coefficient (Wildman–Crippen LogP) is -0.300. The minimum Gasteiger partial charge on any atom is -0.345 e. The van der Waals surface area contributed by atoms with Gasteiger partial charge in [0.15, 0.2) is 0 Å². The van der Waals surface area contributed by atoms with Crippen LogP contribution >= 0.6 is 0 Å². The molecule has 0 spiro atoms. The molecule has 2 rings (SSSR count). The molecule has 1 aliphatic heterocycles. The Morgan fingerprint density at radius 3 is 2.89 bits per heavy atom. The first-order valence-electron chi connectivity index (χ1n) is 6.16. The molecule has 1 aromatic heterocycles. The van der Waals surface area contributed by atoms with Gasteiger partial charge in [-0.05, 0) is 18.4 Å². The van der Waals surface area contributed by atoms with Gasteiger partial charge < -0.3 is 10.2 Å². The molecule has 1 aliphatic rings. The molecule has 6 nitrogen and oxygen atoms in total. The summed E-state index contributed by atoms with van der Waals surface area (Å²) in [7, 11) is 1.86. The minimum absolute atomic E-state index is 0.00894. The molecule has 18 heavy (non-hydrogen) atoms. The number of hydrogen-bond donors (Lipinski definition) is 1. The topological polar surface area (TPSA) is 67.2 Å². The first-order valence-corrected chi connectivity index (χ1v) is 6.16. The highest BCUT2D eigenvalue weighted by atomic mass is 16.2. The summed E-state index contributed by atoms with van der Waals surface area (Å²) in [5.74, 6) is -0.0615. The Hall–Kier alpha value is -1.85. The lowest BCUT2D eigenvalue weighted by Crippen LogP contribution is -2.58. The Morgan fingerprint density at radius 1 is 1.50 bits per heavy atom. The summed E-state index contributed by atoms with van der Waals surface area (Å²) >= 11 is 0. The van der Waals surface area contributed by atoms with Gasteiger partial charge in [0.1, 0.15) is 6.04 Å². The van der Waals surface area contributed by atoms with Crippen molar-refractivity contribution in [3.63, 3.8) is 0 Å². The van der Waals surface area contributed by atoms with Crippen molar-refractivity contribution < 1.29 is 9.59 Å². The molecule has 2 heterocycles. The molecule has 0 radical (unpaired) electrons. The Morgan fingerprint density at radius 2 is 2.28 bits per heavy atom. The van der Waals surface area contributed by atoms with Crippen molar-refractivity contribution in [2.45, 2.75) is 25.8 Å². The maximum atomic E-state index is 11.8. The zero-order chi connectivity index (χ0) is 13.1. The molecule has 0 saturated carbocycles. The molecule has 98 valence electrons. The summed E-state index contributed by atoms with van der Waals surface area (Å²) in [6.07, 6.45) is 5.08. The van der Waals surface area contributed by atoms with Crippen LogP contribution in [0.4, 0.5) is 0 Å². The van der Waals surface area contributed by atoms with E-state index in [4.69, 9.17) is 0 Å². The highest BCUT2D eigenvalue weighted by molar-refractivity contribution is 5.94. The van der Waals surface area contributed by atoms with Crippen LogP contribution in [0.5, 0.6) is 0 Å². The van der Waals surface area contributed by atoms with E-state index in [0.29, 0.717) is 13.0 Å². The molecule has 0 bridgehead atoms. The number of nitrogens with one attached hydrogen (secondary N) is 1. The van der Waals surface area contributed by atoms with Gasteiger partial charge >= 0.3 is 0 Å². The lowest BCUT2D eigenvalue weighted by Gasteiger charge is -2.34. The van der Waals surface area contributed by atoms with Crippen LogP contribution in [0.25, 0.3) is 0 Å². The summed E-state index contributed by atoms with van der Waals surface area (Å²) in [6.45, 7) is 2.60. The third-order valence-electron chi connectivity index (χ3n) is 3.20. The van der Waals surface area contributed by atoms with Gasteiger partial charge in [-0.1, -0.05) is 6.92 Å². The quantitative estimate of drug-likeness (QED) is 0.797. The van der Waals surface area contributed by atoms with Gasteiger partial charge in [-0.3, -0.25) is 14.3 Å². The number of hydrogen-bond acceptors (Lipinski definition) is 3. The fourth-order valence-corrected chi connectivity index (χ4v) is 2.23. The Balaban J connectivity index is 2.01. The number of aromatic nitrogens is 2. The molecule has 0 aromatic carbocycles. The summed E-state index contributed by atoms with van der Waals surface area (Å²) in [4.78, 5) is 25.2. The number of piperazine rings is 1. The molecular formula is C12H18N4O2. The van der Waals surface area contributed by atoms with Crippen LogP contribution in [-0.4, -0.2) is 45.6 Å². The summed E-state index contributed by atoms with van der Waals surface area (Å²) in [5, 5.41) is 6.71. The van der Waals surface area contributed by atoms with Crippen molar-refractivity contribution in [3.8, 4) is 0 Å². The second kappa shape index (κ2) is 5.20. The lowest BCUT2D eigenvalue weighted by molar-refractivity contribution is -0.145. The van der Waals surface area contributed by atoms with E-state index in [-0.39, 0.29) is 24.4 Å². The summed E-state index contributed by atoms with van der Waals surface area (Å²) in [5.41, 5.74) is 1.08. The van der Waals surface area contributed by atoms with Crippen molar-refractivity contribution in [1.82, 2.24) is 20.0 Å². The Bertz CT molecular complexity index is 455. The fraction of sp³-hybridized carbons (Fsp3) is 0.583. The second-order valence-electron chi connectivity index (χ2n) is 4.50. The molecular weight excluding hydrogens is 232 g/mol. The molecule has 1 saturated heterocycles. The van der Waals surface area contributed by atoms with E-state index < -0.39 is 0 Å². The van der Waals surface area contributed by atoms with Gasteiger partial charge in [-0.2, -0.15) is 5.10 Å². The zero-order valence-corrected chi connectivity index (χ0v) is 10.7. The van der Waals surface area contributed by atoms with E-state index in [0.717, 1.165) is 12.0 Å². The van der Waals surface area contributed by atoms with E-state index in [1.54, 1.807) is 15.8 Å². The van der Waals surface area contributed by atoms with Gasteiger partial charge in [0, 0.05) is 19.8 Å². The first-order chi connectivity index (χ1) is 8.61. The van der Waals surface area contributed by atoms with E-state index in [1.807, 2.05) is 20.2 Å². The summed E-state index contributed by atoms with van der Waals surface area (Å²) in [6, 6.07) is -0.331. The van der Waals surface area contributed by atoms with Crippen molar-refractivity contribution in [2.24, 2.45) is 7.05 Å². The monoisotopic (exact) mass is 250 g/mol. The van der Waals surface area contributed by atoms with Gasteiger partial charge in [-0.15, -0.1) is 0 Å². The fourth-order valence-electron chi connectivity index (χ4n) is 2.23. The average Bonchev–Trinajstić information content (AvgIpc) is 2.76. The normalized spacial score (nSPS) is 20.1. The smallest absolute Gasteiger partial charge is 0.243 e. The third kappa shape index (κ3) is 2.52. The first kappa shape index (κ1) is 12.6. The standard InChI is InChI=1S/C12H18N4O2/c1-3-10-12(18)13-7-11(17)16(10)5-4-9-6-14-15(2)8-9/h6,8,10H,3-5,7H2,1-2H3,(H,13,18). The molecule has 1 atom stereocenters. The zero-order valence-electron chi connectivity index (χ0n) is 10.7. The largest absolute Gasteiger partial charge is 0.345 e. The van der Waals surface area contributed by atoms with Crippen molar-refractivity contribution >= 4 is 11.8 Å². The number of carbonyl (C=O) groups excluding carboxylic acids is 2. The second-order valence-corrected chi connectivity index (χ2v) is 4.50. The van der Waals surface area contributed by atoms with Crippen LogP contribution < -0.4 is 5.32 Å². The molecule has 6 heteroatoms. The third-order valence-corrected chi connectivity index (χ3v) is 3.20. The molecule has 1 N–H and O–H groups in total. The number of amides is 2. The predicted molar refractivity (Wildman–Crippen MR) is 65.7 cm³/mol. The molecule has 0 aliphatic carbocycles. The average molecular weight is 250 g/mol. The van der Waals surface area contributed by atoms with Gasteiger partial charge in [0.05, 0.1) is 12.7 Å². The Labute approximate surface area is 106 Å². The van der Waals surface area contributed by atoms with Gasteiger partial charge in [-0.25, -0.2) is 0 Å². The highest BCUT2D eigenvalue weighted by Gasteiger charge is 2.32. The van der Waals surface area contributed by atoms with E-state index in [9.17, 15) is 9.59 Å². The Kier molecular flexibility index (Phi) is 3.64. The van der Waals surface area contributed by atoms with E-state index in [1.165, 1.54) is 0 Å². The van der Waals surface area contributed by atoms with Crippen LogP contribution in [0.3, 0.4) is 0 Å². The number of carbonyl (C=O) groups is 2. The lowest BCUT2D eigenvalue weighted by atomic mass is 10.1. The van der Waals surface area contributed by atoms with Crippen LogP contribution in [0.2, 0.25) is 0 Å².